The molecule has 1 aromatic heterocycles. The maximum atomic E-state index is 13.9. The number of nitrogen functional groups attached to an aromatic ring is 1. The molecule has 1 heterocycles. The van der Waals surface area contributed by atoms with Crippen molar-refractivity contribution in [2.24, 2.45) is 0 Å². The lowest BCUT2D eigenvalue weighted by Crippen LogP contribution is -2.24. The Morgan fingerprint density at radius 1 is 1.17 bits per heavy atom. The number of ketones is 1. The second-order valence-corrected chi connectivity index (χ2v) is 7.08. The standard InChI is InChI=1S/C19H16F2N4O3S/c1-25(9-14(26)27)11-7-5-10(6-8-11)23-19-24-18(22)17(29-19)16(28)15-12(20)3-2-4-13(15)21/h2-8H,9,22H2,1H3,(H,23,24)(H,26,27). The van der Waals surface area contributed by atoms with Crippen LogP contribution in [0.25, 0.3) is 0 Å². The first kappa shape index (κ1) is 20.2. The van der Waals surface area contributed by atoms with Crippen molar-refractivity contribution >= 4 is 45.4 Å². The zero-order valence-corrected chi connectivity index (χ0v) is 16.0. The third-order valence-electron chi connectivity index (χ3n) is 3.98. The SMILES string of the molecule is CN(CC(=O)O)c1ccc(Nc2nc(N)c(C(=O)c3c(F)cccc3F)s2)cc1. The van der Waals surface area contributed by atoms with Crippen LogP contribution < -0.4 is 16.0 Å². The molecule has 0 bridgehead atoms. The molecule has 0 fully saturated rings. The van der Waals surface area contributed by atoms with Crippen molar-refractivity contribution < 1.29 is 23.5 Å². The van der Waals surface area contributed by atoms with Gasteiger partial charge in [0.05, 0.1) is 5.56 Å². The zero-order valence-electron chi connectivity index (χ0n) is 15.1. The van der Waals surface area contributed by atoms with Gasteiger partial charge < -0.3 is 21.1 Å². The van der Waals surface area contributed by atoms with E-state index in [9.17, 15) is 18.4 Å². The van der Waals surface area contributed by atoms with Crippen LogP contribution in [0.1, 0.15) is 15.2 Å². The molecule has 0 amide bonds. The predicted octanol–water partition coefficient (Wildman–Crippen LogP) is 3.50. The fourth-order valence-corrected chi connectivity index (χ4v) is 3.44. The number of rotatable bonds is 7. The van der Waals surface area contributed by atoms with Crippen molar-refractivity contribution in [1.29, 1.82) is 0 Å². The van der Waals surface area contributed by atoms with Gasteiger partial charge in [0.15, 0.2) is 5.13 Å². The van der Waals surface area contributed by atoms with Gasteiger partial charge in [0.2, 0.25) is 5.78 Å². The van der Waals surface area contributed by atoms with Crippen LogP contribution in [-0.4, -0.2) is 35.4 Å². The normalized spacial score (nSPS) is 10.6. The number of benzene rings is 2. The number of anilines is 4. The molecule has 0 atom stereocenters. The van der Waals surface area contributed by atoms with E-state index in [0.29, 0.717) is 11.4 Å². The molecule has 4 N–H and O–H groups in total. The Morgan fingerprint density at radius 3 is 2.38 bits per heavy atom. The van der Waals surface area contributed by atoms with Crippen molar-refractivity contribution in [2.45, 2.75) is 0 Å². The summed E-state index contributed by atoms with van der Waals surface area (Å²) in [6.45, 7) is -0.145. The van der Waals surface area contributed by atoms with Gasteiger partial charge in [0.25, 0.3) is 0 Å². The monoisotopic (exact) mass is 418 g/mol. The molecule has 10 heteroatoms. The molecule has 7 nitrogen and oxygen atoms in total. The van der Waals surface area contributed by atoms with Crippen LogP contribution in [0.15, 0.2) is 42.5 Å². The average molecular weight is 418 g/mol. The first-order chi connectivity index (χ1) is 13.8. The Kier molecular flexibility index (Phi) is 5.74. The highest BCUT2D eigenvalue weighted by atomic mass is 32.1. The fourth-order valence-electron chi connectivity index (χ4n) is 2.59. The molecule has 0 unspecified atom stereocenters. The van der Waals surface area contributed by atoms with Gasteiger partial charge in [-0.3, -0.25) is 9.59 Å². The van der Waals surface area contributed by atoms with E-state index in [1.165, 1.54) is 6.07 Å². The smallest absolute Gasteiger partial charge is 0.323 e. The minimum Gasteiger partial charge on any atom is -0.480 e. The lowest BCUT2D eigenvalue weighted by molar-refractivity contribution is -0.135. The highest BCUT2D eigenvalue weighted by molar-refractivity contribution is 7.18. The quantitative estimate of drug-likeness (QED) is 0.504. The van der Waals surface area contributed by atoms with Crippen LogP contribution in [-0.2, 0) is 4.79 Å². The topological polar surface area (TPSA) is 109 Å². The Balaban J connectivity index is 1.79. The van der Waals surface area contributed by atoms with Crippen molar-refractivity contribution in [2.75, 3.05) is 29.5 Å². The molecule has 0 radical (unpaired) electrons. The van der Waals surface area contributed by atoms with Crippen LogP contribution in [0.3, 0.4) is 0 Å². The van der Waals surface area contributed by atoms with Crippen molar-refractivity contribution in [3.8, 4) is 0 Å². The van der Waals surface area contributed by atoms with Gasteiger partial charge in [-0.2, -0.15) is 0 Å². The van der Waals surface area contributed by atoms with Crippen molar-refractivity contribution in [1.82, 2.24) is 4.98 Å². The number of carbonyl (C=O) groups excluding carboxylic acids is 1. The number of carbonyl (C=O) groups is 2. The van der Waals surface area contributed by atoms with Crippen LogP contribution in [0.5, 0.6) is 0 Å². The second-order valence-electron chi connectivity index (χ2n) is 6.08. The summed E-state index contributed by atoms with van der Waals surface area (Å²) in [5.74, 6) is -3.91. The van der Waals surface area contributed by atoms with E-state index in [4.69, 9.17) is 10.8 Å². The molecular formula is C19H16F2N4O3S. The Labute approximate surface area is 168 Å². The molecule has 150 valence electrons. The summed E-state index contributed by atoms with van der Waals surface area (Å²) in [4.78, 5) is 28.8. The summed E-state index contributed by atoms with van der Waals surface area (Å²) in [7, 11) is 1.65. The first-order valence-electron chi connectivity index (χ1n) is 8.31. The molecule has 0 aliphatic heterocycles. The number of thiazole rings is 1. The molecule has 0 saturated heterocycles. The highest BCUT2D eigenvalue weighted by Gasteiger charge is 2.24. The van der Waals surface area contributed by atoms with Crippen LogP contribution in [0.2, 0.25) is 0 Å². The summed E-state index contributed by atoms with van der Waals surface area (Å²) in [5.41, 5.74) is 6.40. The van der Waals surface area contributed by atoms with Gasteiger partial charge in [-0.05, 0) is 36.4 Å². The molecule has 29 heavy (non-hydrogen) atoms. The van der Waals surface area contributed by atoms with Gasteiger partial charge in [-0.25, -0.2) is 13.8 Å². The Bertz CT molecular complexity index is 1050. The molecule has 0 aliphatic rings. The van der Waals surface area contributed by atoms with Gasteiger partial charge in [-0.15, -0.1) is 0 Å². The molecule has 2 aromatic carbocycles. The molecule has 0 spiro atoms. The number of nitrogens with zero attached hydrogens (tertiary/aromatic N) is 2. The van der Waals surface area contributed by atoms with E-state index in [0.717, 1.165) is 23.5 Å². The Morgan fingerprint density at radius 2 is 1.79 bits per heavy atom. The number of hydrogen-bond donors (Lipinski definition) is 3. The zero-order chi connectivity index (χ0) is 21.1. The summed E-state index contributed by atoms with van der Waals surface area (Å²) in [6.07, 6.45) is 0. The summed E-state index contributed by atoms with van der Waals surface area (Å²) < 4.78 is 27.8. The minimum atomic E-state index is -0.974. The van der Waals surface area contributed by atoms with E-state index in [1.54, 1.807) is 36.2 Å². The number of likely N-dealkylation sites (N-methyl/N-ethyl adjacent to an activating group) is 1. The van der Waals surface area contributed by atoms with E-state index >= 15 is 0 Å². The molecule has 3 aromatic rings. The number of nitrogens with two attached hydrogens (primary N) is 1. The number of aromatic nitrogens is 1. The number of halogens is 2. The number of carboxylic acid groups (broad SMARTS) is 1. The third-order valence-corrected chi connectivity index (χ3v) is 4.97. The van der Waals surface area contributed by atoms with Crippen LogP contribution >= 0.6 is 11.3 Å². The molecule has 0 saturated carbocycles. The predicted molar refractivity (Wildman–Crippen MR) is 107 cm³/mol. The summed E-state index contributed by atoms with van der Waals surface area (Å²) in [6, 6.07) is 9.98. The summed E-state index contributed by atoms with van der Waals surface area (Å²) in [5, 5.41) is 12.1. The maximum Gasteiger partial charge on any atom is 0.323 e. The number of hydrogen-bond acceptors (Lipinski definition) is 7. The van der Waals surface area contributed by atoms with Gasteiger partial charge in [-0.1, -0.05) is 17.4 Å². The maximum absolute atomic E-state index is 13.9. The molecular weight excluding hydrogens is 402 g/mol. The van der Waals surface area contributed by atoms with E-state index in [2.05, 4.69) is 10.3 Å². The largest absolute Gasteiger partial charge is 0.480 e. The molecule has 3 rings (SSSR count). The molecule has 0 aliphatic carbocycles. The number of carboxylic acids is 1. The summed E-state index contributed by atoms with van der Waals surface area (Å²) >= 11 is 0.875. The minimum absolute atomic E-state index is 0.0747. The van der Waals surface area contributed by atoms with Crippen LogP contribution in [0.4, 0.5) is 31.1 Å². The van der Waals surface area contributed by atoms with E-state index < -0.39 is 29.0 Å². The van der Waals surface area contributed by atoms with Crippen LogP contribution in [0, 0.1) is 11.6 Å². The lowest BCUT2D eigenvalue weighted by atomic mass is 10.1. The first-order valence-corrected chi connectivity index (χ1v) is 9.13. The number of nitrogens with one attached hydrogen (secondary N) is 1. The average Bonchev–Trinajstić information content (AvgIpc) is 3.01. The van der Waals surface area contributed by atoms with Gasteiger partial charge in [0, 0.05) is 18.4 Å². The highest BCUT2D eigenvalue weighted by Crippen LogP contribution is 2.31. The van der Waals surface area contributed by atoms with Crippen molar-refractivity contribution in [3.63, 3.8) is 0 Å². The van der Waals surface area contributed by atoms with Crippen molar-refractivity contribution in [3.05, 3.63) is 64.5 Å². The second kappa shape index (κ2) is 8.23. The van der Waals surface area contributed by atoms with Gasteiger partial charge >= 0.3 is 5.97 Å². The van der Waals surface area contributed by atoms with E-state index in [-0.39, 0.29) is 22.4 Å². The fraction of sp³-hybridized carbons (Fsp3) is 0.105. The van der Waals surface area contributed by atoms with Gasteiger partial charge in [0.1, 0.15) is 28.9 Å². The Hall–Kier alpha value is -3.53. The number of aliphatic carboxylic acids is 1. The van der Waals surface area contributed by atoms with E-state index in [1.807, 2.05) is 0 Å². The third kappa shape index (κ3) is 4.49. The lowest BCUT2D eigenvalue weighted by Gasteiger charge is -2.16.